The van der Waals surface area contributed by atoms with Crippen LogP contribution in [0.2, 0.25) is 0 Å². The molecule has 4 nitrogen and oxygen atoms in total. The van der Waals surface area contributed by atoms with Gasteiger partial charge in [0.25, 0.3) is 0 Å². The van der Waals surface area contributed by atoms with Crippen LogP contribution in [0.3, 0.4) is 0 Å². The highest BCUT2D eigenvalue weighted by Crippen LogP contribution is 2.38. The minimum absolute atomic E-state index is 0.221. The molecule has 0 saturated carbocycles. The molecule has 0 saturated heterocycles. The second-order valence-corrected chi connectivity index (χ2v) is 6.16. The fourth-order valence-electron chi connectivity index (χ4n) is 3.49. The van der Waals surface area contributed by atoms with Gasteiger partial charge in [-0.2, -0.15) is 0 Å². The first-order valence-electron chi connectivity index (χ1n) is 7.98. The van der Waals surface area contributed by atoms with Gasteiger partial charge in [-0.3, -0.25) is 10.4 Å². The van der Waals surface area contributed by atoms with E-state index in [0.29, 0.717) is 0 Å². The Kier molecular flexibility index (Phi) is 3.54. The van der Waals surface area contributed by atoms with E-state index in [4.69, 9.17) is 10.1 Å². The Morgan fingerprint density at radius 3 is 2.96 bits per heavy atom. The summed E-state index contributed by atoms with van der Waals surface area (Å²) in [5.74, 6) is 0. The van der Waals surface area contributed by atoms with Gasteiger partial charge in [0.05, 0.1) is 17.7 Å². The highest BCUT2D eigenvalue weighted by atomic mass is 16.5. The maximum absolute atomic E-state index is 7.63. The molecule has 0 amide bonds. The normalized spacial score (nSPS) is 17.8. The molecule has 2 aliphatic rings. The lowest BCUT2D eigenvalue weighted by molar-refractivity contribution is 0.162. The summed E-state index contributed by atoms with van der Waals surface area (Å²) in [4.78, 5) is 6.37. The molecule has 0 spiro atoms. The van der Waals surface area contributed by atoms with Crippen molar-refractivity contribution in [2.24, 2.45) is 0 Å². The summed E-state index contributed by atoms with van der Waals surface area (Å²) in [6, 6.07) is 10.6. The fourth-order valence-corrected chi connectivity index (χ4v) is 3.49. The Labute approximate surface area is 141 Å². The molecule has 1 atom stereocenters. The van der Waals surface area contributed by atoms with Gasteiger partial charge in [0.1, 0.15) is 6.10 Å². The van der Waals surface area contributed by atoms with E-state index in [1.165, 1.54) is 17.5 Å². The third-order valence-corrected chi connectivity index (χ3v) is 4.74. The molecule has 120 valence electrons. The predicted molar refractivity (Wildman–Crippen MR) is 96.7 cm³/mol. The molecule has 2 aromatic rings. The lowest BCUT2D eigenvalue weighted by Gasteiger charge is -2.26. The van der Waals surface area contributed by atoms with Gasteiger partial charge in [0, 0.05) is 26.8 Å². The third kappa shape index (κ3) is 2.27. The zero-order valence-corrected chi connectivity index (χ0v) is 13.8. The van der Waals surface area contributed by atoms with Crippen molar-refractivity contribution in [3.05, 3.63) is 70.2 Å². The van der Waals surface area contributed by atoms with Crippen molar-refractivity contribution >= 4 is 24.1 Å². The van der Waals surface area contributed by atoms with Crippen LogP contribution in [-0.2, 0) is 11.2 Å². The van der Waals surface area contributed by atoms with Crippen LogP contribution in [0.5, 0.6) is 0 Å². The second-order valence-electron chi connectivity index (χ2n) is 6.16. The topological polar surface area (TPSA) is 49.2 Å². The summed E-state index contributed by atoms with van der Waals surface area (Å²) in [6.07, 6.45) is 8.04. The Morgan fingerprint density at radius 1 is 1.29 bits per heavy atom. The van der Waals surface area contributed by atoms with Crippen LogP contribution in [0, 0.1) is 5.41 Å². The Balaban J connectivity index is 2.00. The summed E-state index contributed by atoms with van der Waals surface area (Å²) >= 11 is 0. The first-order chi connectivity index (χ1) is 11.7. The van der Waals surface area contributed by atoms with E-state index >= 15 is 0 Å². The van der Waals surface area contributed by atoms with Crippen LogP contribution >= 0.6 is 0 Å². The molecule has 1 aromatic heterocycles. The van der Waals surface area contributed by atoms with Gasteiger partial charge >= 0.3 is 0 Å². The number of rotatable bonds is 3. The van der Waals surface area contributed by atoms with Crippen LogP contribution in [0.15, 0.2) is 42.2 Å². The molecule has 4 heteroatoms. The molecule has 2 aliphatic carbocycles. The number of fused-ring (bicyclic) bond motifs is 2. The maximum Gasteiger partial charge on any atom is 0.123 e. The van der Waals surface area contributed by atoms with E-state index in [9.17, 15) is 0 Å². The molecule has 1 heterocycles. The van der Waals surface area contributed by atoms with E-state index in [1.54, 1.807) is 12.0 Å². The monoisotopic (exact) mass is 317 g/mol. The number of hydrogen-bond donors (Lipinski definition) is 1. The average molecular weight is 317 g/mol. The maximum atomic E-state index is 7.63. The molecule has 1 unspecified atom stereocenters. The van der Waals surface area contributed by atoms with Gasteiger partial charge in [-0.25, -0.2) is 0 Å². The van der Waals surface area contributed by atoms with Crippen molar-refractivity contribution in [3.8, 4) is 0 Å². The SMILES string of the molecule is COC1C2=Cc3cccnc3Cc3ccc(cc32)C=C1N(C)C=N. The third-order valence-electron chi connectivity index (χ3n) is 4.74. The molecule has 0 fully saturated rings. The van der Waals surface area contributed by atoms with Gasteiger partial charge in [0.2, 0.25) is 0 Å². The van der Waals surface area contributed by atoms with E-state index < -0.39 is 0 Å². The van der Waals surface area contributed by atoms with Crippen molar-refractivity contribution in [1.29, 1.82) is 5.41 Å². The van der Waals surface area contributed by atoms with Crippen LogP contribution in [0.1, 0.15) is 27.9 Å². The van der Waals surface area contributed by atoms with Gasteiger partial charge in [0.15, 0.2) is 0 Å². The Bertz CT molecular complexity index is 882. The predicted octanol–water partition coefficient (Wildman–Crippen LogP) is 3.43. The van der Waals surface area contributed by atoms with Crippen LogP contribution in [0.25, 0.3) is 17.7 Å². The average Bonchev–Trinajstić information content (AvgIpc) is 2.84. The molecule has 0 radical (unpaired) electrons. The summed E-state index contributed by atoms with van der Waals surface area (Å²) < 4.78 is 5.87. The van der Waals surface area contributed by atoms with E-state index in [1.807, 2.05) is 19.3 Å². The minimum Gasteiger partial charge on any atom is -0.370 e. The van der Waals surface area contributed by atoms with Crippen LogP contribution < -0.4 is 0 Å². The van der Waals surface area contributed by atoms with Gasteiger partial charge in [-0.15, -0.1) is 0 Å². The smallest absolute Gasteiger partial charge is 0.123 e. The number of pyridine rings is 1. The molecular weight excluding hydrogens is 298 g/mol. The zero-order valence-electron chi connectivity index (χ0n) is 13.8. The van der Waals surface area contributed by atoms with Crippen molar-refractivity contribution in [2.75, 3.05) is 14.2 Å². The number of ether oxygens (including phenoxy) is 1. The minimum atomic E-state index is -0.221. The van der Waals surface area contributed by atoms with Gasteiger partial charge in [-0.05, 0) is 52.1 Å². The highest BCUT2D eigenvalue weighted by Gasteiger charge is 2.29. The number of hydrogen-bond acceptors (Lipinski definition) is 3. The molecule has 24 heavy (non-hydrogen) atoms. The molecule has 0 aliphatic heterocycles. The summed E-state index contributed by atoms with van der Waals surface area (Å²) in [6.45, 7) is 0. The molecule has 1 N–H and O–H groups in total. The van der Waals surface area contributed by atoms with Gasteiger partial charge < -0.3 is 9.64 Å². The van der Waals surface area contributed by atoms with Crippen LogP contribution in [0.4, 0.5) is 0 Å². The quantitative estimate of drug-likeness (QED) is 0.697. The van der Waals surface area contributed by atoms with Crippen molar-refractivity contribution < 1.29 is 4.74 Å². The van der Waals surface area contributed by atoms with Crippen molar-refractivity contribution in [1.82, 2.24) is 9.88 Å². The highest BCUT2D eigenvalue weighted by molar-refractivity contribution is 5.91. The number of benzene rings is 1. The van der Waals surface area contributed by atoms with E-state index in [2.05, 4.69) is 41.4 Å². The Hall–Kier alpha value is -2.72. The molecule has 4 rings (SSSR count). The standard InChI is InChI=1S/C20H19N3O/c1-23(12-21)19-9-13-5-6-14-11-18-15(4-3-7-22-18)10-17(16(14)8-13)20(19)24-2/h3-10,12,20-21H,11H2,1-2H3. The number of methoxy groups -OCH3 is 1. The van der Waals surface area contributed by atoms with Crippen molar-refractivity contribution in [3.63, 3.8) is 0 Å². The largest absolute Gasteiger partial charge is 0.370 e. The lowest BCUT2D eigenvalue weighted by atomic mass is 9.95. The lowest BCUT2D eigenvalue weighted by Crippen LogP contribution is -2.27. The van der Waals surface area contributed by atoms with Crippen molar-refractivity contribution in [2.45, 2.75) is 12.5 Å². The first kappa shape index (κ1) is 14.8. The summed E-state index contributed by atoms with van der Waals surface area (Å²) in [7, 11) is 3.60. The number of nitrogens with one attached hydrogen (secondary N) is 1. The van der Waals surface area contributed by atoms with E-state index in [0.717, 1.165) is 34.5 Å². The molecular formula is C20H19N3O. The number of aromatic nitrogens is 1. The summed E-state index contributed by atoms with van der Waals surface area (Å²) in [5.41, 5.74) is 7.89. The number of nitrogens with zero attached hydrogens (tertiary/aromatic N) is 2. The first-order valence-corrected chi connectivity index (χ1v) is 7.98. The fraction of sp³-hybridized carbons (Fsp3) is 0.200. The van der Waals surface area contributed by atoms with Gasteiger partial charge in [-0.1, -0.05) is 18.2 Å². The zero-order chi connectivity index (χ0) is 16.7. The summed E-state index contributed by atoms with van der Waals surface area (Å²) in [5, 5.41) is 7.63. The number of likely N-dealkylation sites (N-methyl/N-ethyl adjacent to an activating group) is 1. The molecule has 2 bridgehead atoms. The molecule has 1 aromatic carbocycles. The van der Waals surface area contributed by atoms with Crippen LogP contribution in [-0.4, -0.2) is 36.5 Å². The van der Waals surface area contributed by atoms with E-state index in [-0.39, 0.29) is 6.10 Å². The second kappa shape index (κ2) is 5.73. The Morgan fingerprint density at radius 2 is 2.17 bits per heavy atom.